The van der Waals surface area contributed by atoms with Crippen molar-refractivity contribution in [3.05, 3.63) is 23.9 Å². The van der Waals surface area contributed by atoms with Gasteiger partial charge in [0.2, 0.25) is 5.91 Å². The quantitative estimate of drug-likeness (QED) is 0.481. The molecule has 11 heavy (non-hydrogen) atoms. The molecule has 0 spiro atoms. The van der Waals surface area contributed by atoms with Crippen molar-refractivity contribution in [3.8, 4) is 0 Å². The summed E-state index contributed by atoms with van der Waals surface area (Å²) in [6, 6.07) is 0. The zero-order valence-corrected chi connectivity index (χ0v) is 6.68. The van der Waals surface area contributed by atoms with Crippen LogP contribution in [0.25, 0.3) is 0 Å². The van der Waals surface area contributed by atoms with Crippen molar-refractivity contribution in [2.24, 2.45) is 0 Å². The second-order valence-corrected chi connectivity index (χ2v) is 2.26. The predicted molar refractivity (Wildman–Crippen MR) is 42.8 cm³/mol. The molecular weight excluding hydrogens is 142 g/mol. The van der Waals surface area contributed by atoms with E-state index in [1.807, 2.05) is 0 Å². The Morgan fingerprint density at radius 2 is 2.00 bits per heavy atom. The highest BCUT2D eigenvalue weighted by Crippen LogP contribution is 1.87. The molecule has 0 saturated heterocycles. The molecule has 0 aliphatic rings. The van der Waals surface area contributed by atoms with Gasteiger partial charge in [0.1, 0.15) is 6.29 Å². The number of carbonyl (C=O) groups is 2. The maximum atomic E-state index is 10.8. The minimum atomic E-state index is -0.272. The van der Waals surface area contributed by atoms with Crippen molar-refractivity contribution in [1.29, 1.82) is 0 Å². The number of amides is 1. The molecule has 1 amide bonds. The molecule has 0 aromatic carbocycles. The van der Waals surface area contributed by atoms with Crippen LogP contribution in [0.5, 0.6) is 0 Å². The van der Waals surface area contributed by atoms with Crippen LogP contribution >= 0.6 is 0 Å². The zero-order valence-electron chi connectivity index (χ0n) is 6.68. The largest absolute Gasteiger partial charge is 0.329 e. The smallest absolute Gasteiger partial charge is 0.250 e. The van der Waals surface area contributed by atoms with E-state index in [1.165, 1.54) is 6.20 Å². The van der Waals surface area contributed by atoms with Crippen LogP contribution in [0.1, 0.15) is 13.8 Å². The van der Waals surface area contributed by atoms with Gasteiger partial charge < -0.3 is 5.32 Å². The molecule has 0 heterocycles. The highest BCUT2D eigenvalue weighted by atomic mass is 16.1. The number of nitrogens with one attached hydrogen (secondary N) is 1. The zero-order chi connectivity index (χ0) is 8.85. The van der Waals surface area contributed by atoms with E-state index >= 15 is 0 Å². The summed E-state index contributed by atoms with van der Waals surface area (Å²) in [5, 5.41) is 2.40. The molecule has 0 atom stereocenters. The van der Waals surface area contributed by atoms with Crippen LogP contribution in [-0.4, -0.2) is 12.2 Å². The maximum Gasteiger partial charge on any atom is 0.250 e. The van der Waals surface area contributed by atoms with Crippen LogP contribution in [0.4, 0.5) is 0 Å². The lowest BCUT2D eigenvalue weighted by molar-refractivity contribution is -0.116. The Morgan fingerprint density at radius 1 is 1.45 bits per heavy atom. The monoisotopic (exact) mass is 153 g/mol. The molecule has 0 aliphatic heterocycles. The first-order chi connectivity index (χ1) is 5.07. The van der Waals surface area contributed by atoms with Gasteiger partial charge in [0.15, 0.2) is 0 Å². The van der Waals surface area contributed by atoms with Crippen molar-refractivity contribution in [3.63, 3.8) is 0 Å². The molecule has 0 fully saturated rings. The van der Waals surface area contributed by atoms with Gasteiger partial charge in [-0.25, -0.2) is 0 Å². The third-order valence-corrected chi connectivity index (χ3v) is 1.00. The van der Waals surface area contributed by atoms with E-state index < -0.39 is 0 Å². The molecule has 3 heteroatoms. The molecule has 0 radical (unpaired) electrons. The molecule has 60 valence electrons. The summed E-state index contributed by atoms with van der Waals surface area (Å²) in [4.78, 5) is 20.8. The van der Waals surface area contributed by atoms with Gasteiger partial charge in [0.05, 0.1) is 0 Å². The fraction of sp³-hybridized carbons (Fsp3) is 0.250. The highest BCUT2D eigenvalue weighted by molar-refractivity contribution is 5.93. The molecule has 0 unspecified atom stereocenters. The van der Waals surface area contributed by atoms with Gasteiger partial charge in [0.25, 0.3) is 0 Å². The minimum Gasteiger partial charge on any atom is -0.329 e. The number of aldehydes is 1. The van der Waals surface area contributed by atoms with Gasteiger partial charge >= 0.3 is 0 Å². The first-order valence-electron chi connectivity index (χ1n) is 3.16. The summed E-state index contributed by atoms with van der Waals surface area (Å²) >= 11 is 0. The van der Waals surface area contributed by atoms with Crippen molar-refractivity contribution in [2.45, 2.75) is 13.8 Å². The van der Waals surface area contributed by atoms with Crippen LogP contribution in [0.2, 0.25) is 0 Å². The molecule has 0 aromatic rings. The summed E-state index contributed by atoms with van der Waals surface area (Å²) in [7, 11) is 0. The predicted octanol–water partition coefficient (Wildman–Crippen LogP) is 0.781. The second-order valence-electron chi connectivity index (χ2n) is 2.26. The summed E-state index contributed by atoms with van der Waals surface area (Å²) in [6.45, 7) is 6.63. The van der Waals surface area contributed by atoms with Crippen LogP contribution in [0.3, 0.4) is 0 Å². The SMILES string of the molecule is C=C(C)C(=O)NC=C(C)C=O. The summed E-state index contributed by atoms with van der Waals surface area (Å²) in [5.41, 5.74) is 0.888. The molecule has 1 N–H and O–H groups in total. The summed E-state index contributed by atoms with van der Waals surface area (Å²) in [6.07, 6.45) is 2.02. The molecular formula is C8H11NO2. The third kappa shape index (κ3) is 4.08. The molecule has 0 saturated carbocycles. The second kappa shape index (κ2) is 4.44. The molecule has 0 rings (SSSR count). The van der Waals surface area contributed by atoms with Crippen molar-refractivity contribution >= 4 is 12.2 Å². The number of rotatable bonds is 3. The van der Waals surface area contributed by atoms with E-state index in [4.69, 9.17) is 0 Å². The Hall–Kier alpha value is -1.38. The lowest BCUT2D eigenvalue weighted by Gasteiger charge is -1.96. The van der Waals surface area contributed by atoms with Crippen LogP contribution in [-0.2, 0) is 9.59 Å². The Kier molecular flexibility index (Phi) is 3.88. The first-order valence-corrected chi connectivity index (χ1v) is 3.16. The Morgan fingerprint density at radius 3 is 2.36 bits per heavy atom. The average Bonchev–Trinajstić information content (AvgIpc) is 1.99. The molecule has 0 aliphatic carbocycles. The van der Waals surface area contributed by atoms with Crippen molar-refractivity contribution in [1.82, 2.24) is 5.32 Å². The molecule has 0 aromatic heterocycles. The highest BCUT2D eigenvalue weighted by Gasteiger charge is 1.96. The number of hydrogen-bond donors (Lipinski definition) is 1. The van der Waals surface area contributed by atoms with Gasteiger partial charge in [-0.3, -0.25) is 9.59 Å². The van der Waals surface area contributed by atoms with E-state index in [0.29, 0.717) is 17.4 Å². The van der Waals surface area contributed by atoms with E-state index in [1.54, 1.807) is 13.8 Å². The summed E-state index contributed by atoms with van der Waals surface area (Å²) < 4.78 is 0. The Balaban J connectivity index is 3.98. The van der Waals surface area contributed by atoms with E-state index in [9.17, 15) is 9.59 Å². The molecule has 0 bridgehead atoms. The van der Waals surface area contributed by atoms with Gasteiger partial charge in [-0.2, -0.15) is 0 Å². The van der Waals surface area contributed by atoms with Crippen LogP contribution in [0.15, 0.2) is 23.9 Å². The van der Waals surface area contributed by atoms with Gasteiger partial charge in [-0.05, 0) is 13.8 Å². The van der Waals surface area contributed by atoms with Crippen LogP contribution in [0, 0.1) is 0 Å². The van der Waals surface area contributed by atoms with Gasteiger partial charge in [-0.15, -0.1) is 0 Å². The third-order valence-electron chi connectivity index (χ3n) is 1.00. The number of allylic oxidation sites excluding steroid dienone is 1. The van der Waals surface area contributed by atoms with E-state index in [2.05, 4.69) is 11.9 Å². The van der Waals surface area contributed by atoms with Gasteiger partial charge in [0, 0.05) is 17.3 Å². The standard InChI is InChI=1S/C8H11NO2/c1-6(2)8(11)9-4-7(3)5-10/h4-5H,1H2,2-3H3,(H,9,11). The fourth-order valence-corrected chi connectivity index (χ4v) is 0.337. The average molecular weight is 153 g/mol. The number of hydrogen-bond acceptors (Lipinski definition) is 2. The Bertz CT molecular complexity index is 216. The Labute approximate surface area is 65.8 Å². The van der Waals surface area contributed by atoms with Crippen molar-refractivity contribution < 1.29 is 9.59 Å². The lowest BCUT2D eigenvalue weighted by atomic mass is 10.3. The van der Waals surface area contributed by atoms with E-state index in [0.717, 1.165) is 0 Å². The lowest BCUT2D eigenvalue weighted by Crippen LogP contribution is -2.17. The van der Waals surface area contributed by atoms with E-state index in [-0.39, 0.29) is 5.91 Å². The maximum absolute atomic E-state index is 10.8. The molecule has 3 nitrogen and oxygen atoms in total. The van der Waals surface area contributed by atoms with Crippen LogP contribution < -0.4 is 5.32 Å². The van der Waals surface area contributed by atoms with Gasteiger partial charge in [-0.1, -0.05) is 6.58 Å². The topological polar surface area (TPSA) is 46.2 Å². The minimum absolute atomic E-state index is 0.272. The van der Waals surface area contributed by atoms with Crippen molar-refractivity contribution in [2.75, 3.05) is 0 Å². The fourth-order valence-electron chi connectivity index (χ4n) is 0.337. The first kappa shape index (κ1) is 9.62. The summed E-state index contributed by atoms with van der Waals surface area (Å²) in [5.74, 6) is -0.272. The number of carbonyl (C=O) groups excluding carboxylic acids is 2. The normalized spacial score (nSPS) is 10.5.